The van der Waals surface area contributed by atoms with Crippen molar-refractivity contribution in [3.05, 3.63) is 48.6 Å². The van der Waals surface area contributed by atoms with Crippen LogP contribution >= 0.6 is 0 Å². The molecule has 0 aromatic carbocycles. The summed E-state index contributed by atoms with van der Waals surface area (Å²) < 4.78 is 0. The Balaban J connectivity index is 3.51. The van der Waals surface area contributed by atoms with E-state index in [9.17, 15) is 15.0 Å². The molecule has 4 nitrogen and oxygen atoms in total. The van der Waals surface area contributed by atoms with E-state index in [2.05, 4.69) is 67.8 Å². The Labute approximate surface area is 248 Å². The highest BCUT2D eigenvalue weighted by molar-refractivity contribution is 5.76. The Morgan fingerprint density at radius 3 is 1.65 bits per heavy atom. The molecule has 3 N–H and O–H groups in total. The number of rotatable bonds is 29. The lowest BCUT2D eigenvalue weighted by atomic mass is 10.0. The van der Waals surface area contributed by atoms with Crippen molar-refractivity contribution < 1.29 is 15.0 Å². The molecular weight excluding hydrogens is 494 g/mol. The van der Waals surface area contributed by atoms with Gasteiger partial charge < -0.3 is 15.5 Å². The minimum absolute atomic E-state index is 0.0469. The van der Waals surface area contributed by atoms with Crippen LogP contribution in [0.4, 0.5) is 0 Å². The smallest absolute Gasteiger partial charge is 0.220 e. The molecule has 0 radical (unpaired) electrons. The number of allylic oxidation sites excluding steroid dienone is 8. The lowest BCUT2D eigenvalue weighted by Gasteiger charge is -2.22. The molecule has 0 aromatic rings. The quantitative estimate of drug-likeness (QED) is 0.0631. The van der Waals surface area contributed by atoms with Gasteiger partial charge in [0.2, 0.25) is 5.91 Å². The van der Waals surface area contributed by atoms with Crippen molar-refractivity contribution in [1.29, 1.82) is 0 Å². The van der Waals surface area contributed by atoms with Crippen LogP contribution in [0.1, 0.15) is 155 Å². The average molecular weight is 560 g/mol. The summed E-state index contributed by atoms with van der Waals surface area (Å²) in [4.78, 5) is 12.2. The SMILES string of the molecule is CC/C=C\C/C=C\C/C=C\C/C=C\CCCCCCCCCCCCC(=O)NC(CO)C(O)CCCCCCC. The van der Waals surface area contributed by atoms with Crippen molar-refractivity contribution >= 4 is 5.91 Å². The number of hydrogen-bond donors (Lipinski definition) is 3. The molecule has 0 aliphatic heterocycles. The minimum atomic E-state index is -0.657. The first-order chi connectivity index (χ1) is 19.7. The lowest BCUT2D eigenvalue weighted by molar-refractivity contribution is -0.123. The largest absolute Gasteiger partial charge is 0.394 e. The van der Waals surface area contributed by atoms with E-state index in [0.29, 0.717) is 12.8 Å². The molecule has 0 aliphatic rings. The molecule has 0 rings (SSSR count). The number of hydrogen-bond acceptors (Lipinski definition) is 3. The van der Waals surface area contributed by atoms with Gasteiger partial charge in [0.05, 0.1) is 18.8 Å². The standard InChI is InChI=1S/C36H65NO3/c1-3-5-7-9-10-11-12-13-14-15-16-17-18-19-20-21-22-23-24-25-26-28-30-32-36(40)37-34(33-38)35(39)31-29-27-8-6-4-2/h5,7,10-11,13-14,16-17,34-35,38-39H,3-4,6,8-9,12,15,18-33H2,1-2H3,(H,37,40)/b7-5-,11-10-,14-13-,17-16-. The fraction of sp³-hybridized carbons (Fsp3) is 0.750. The zero-order valence-corrected chi connectivity index (χ0v) is 26.3. The number of unbranched alkanes of at least 4 members (excludes halogenated alkanes) is 14. The van der Waals surface area contributed by atoms with Crippen molar-refractivity contribution in [2.45, 2.75) is 167 Å². The fourth-order valence-electron chi connectivity index (χ4n) is 4.76. The van der Waals surface area contributed by atoms with Gasteiger partial charge in [-0.2, -0.15) is 0 Å². The van der Waals surface area contributed by atoms with Gasteiger partial charge in [-0.3, -0.25) is 4.79 Å². The molecule has 2 unspecified atom stereocenters. The van der Waals surface area contributed by atoms with Crippen LogP contribution in [-0.2, 0) is 4.79 Å². The van der Waals surface area contributed by atoms with E-state index in [4.69, 9.17) is 0 Å². The first kappa shape index (κ1) is 38.4. The number of aliphatic hydroxyl groups is 2. The molecule has 0 fully saturated rings. The summed E-state index contributed by atoms with van der Waals surface area (Å²) in [6.45, 7) is 4.15. The Bertz CT molecular complexity index is 652. The lowest BCUT2D eigenvalue weighted by Crippen LogP contribution is -2.45. The predicted molar refractivity (Wildman–Crippen MR) is 175 cm³/mol. The van der Waals surface area contributed by atoms with Crippen LogP contribution in [0.15, 0.2) is 48.6 Å². The molecule has 0 aromatic heterocycles. The van der Waals surface area contributed by atoms with E-state index in [1.807, 2.05) is 0 Å². The Hall–Kier alpha value is -1.65. The molecular formula is C36H65NO3. The molecule has 0 bridgehead atoms. The second-order valence-electron chi connectivity index (χ2n) is 11.2. The van der Waals surface area contributed by atoms with Crippen molar-refractivity contribution in [3.63, 3.8) is 0 Å². The summed E-state index contributed by atoms with van der Waals surface area (Å²) >= 11 is 0. The third-order valence-electron chi connectivity index (χ3n) is 7.35. The van der Waals surface area contributed by atoms with E-state index in [1.54, 1.807) is 0 Å². The maximum atomic E-state index is 12.2. The molecule has 0 saturated carbocycles. The minimum Gasteiger partial charge on any atom is -0.394 e. The number of carbonyl (C=O) groups is 1. The maximum Gasteiger partial charge on any atom is 0.220 e. The van der Waals surface area contributed by atoms with Crippen molar-refractivity contribution in [1.82, 2.24) is 5.32 Å². The van der Waals surface area contributed by atoms with E-state index in [-0.39, 0.29) is 12.5 Å². The summed E-state index contributed by atoms with van der Waals surface area (Å²) in [6, 6.07) is -0.535. The number of nitrogens with one attached hydrogen (secondary N) is 1. The monoisotopic (exact) mass is 559 g/mol. The van der Waals surface area contributed by atoms with Gasteiger partial charge in [0.15, 0.2) is 0 Å². The third kappa shape index (κ3) is 27.9. The highest BCUT2D eigenvalue weighted by Gasteiger charge is 2.19. The van der Waals surface area contributed by atoms with Gasteiger partial charge in [-0.15, -0.1) is 0 Å². The molecule has 0 saturated heterocycles. The van der Waals surface area contributed by atoms with Crippen molar-refractivity contribution in [2.24, 2.45) is 0 Å². The van der Waals surface area contributed by atoms with E-state index >= 15 is 0 Å². The summed E-state index contributed by atoms with van der Waals surface area (Å²) in [7, 11) is 0. The van der Waals surface area contributed by atoms with Crippen LogP contribution in [0.3, 0.4) is 0 Å². The molecule has 40 heavy (non-hydrogen) atoms. The zero-order valence-electron chi connectivity index (χ0n) is 26.3. The van der Waals surface area contributed by atoms with Crippen LogP contribution in [0.2, 0.25) is 0 Å². The Kier molecular flexibility index (Phi) is 30.6. The molecule has 4 heteroatoms. The first-order valence-electron chi connectivity index (χ1n) is 16.8. The van der Waals surface area contributed by atoms with E-state index < -0.39 is 12.1 Å². The predicted octanol–water partition coefficient (Wildman–Crippen LogP) is 9.67. The number of amides is 1. The van der Waals surface area contributed by atoms with Crippen LogP contribution in [0, 0.1) is 0 Å². The number of carbonyl (C=O) groups excluding carboxylic acids is 1. The maximum absolute atomic E-state index is 12.2. The molecule has 1 amide bonds. The third-order valence-corrected chi connectivity index (χ3v) is 7.35. The van der Waals surface area contributed by atoms with Gasteiger partial charge in [0.25, 0.3) is 0 Å². The second-order valence-corrected chi connectivity index (χ2v) is 11.2. The Morgan fingerprint density at radius 1 is 0.625 bits per heavy atom. The first-order valence-corrected chi connectivity index (χ1v) is 16.8. The summed E-state index contributed by atoms with van der Waals surface area (Å²) in [5, 5.41) is 22.7. The molecule has 0 heterocycles. The normalized spacial score (nSPS) is 13.8. The van der Waals surface area contributed by atoms with Crippen LogP contribution in [0.5, 0.6) is 0 Å². The summed E-state index contributed by atoms with van der Waals surface area (Å²) in [6.07, 6.45) is 41.9. The van der Waals surface area contributed by atoms with E-state index in [1.165, 1.54) is 77.0 Å². The molecule has 232 valence electrons. The van der Waals surface area contributed by atoms with Crippen molar-refractivity contribution in [2.75, 3.05) is 6.61 Å². The topological polar surface area (TPSA) is 69.6 Å². The summed E-state index contributed by atoms with van der Waals surface area (Å²) in [5.74, 6) is -0.0469. The number of aliphatic hydroxyl groups excluding tert-OH is 2. The van der Waals surface area contributed by atoms with Gasteiger partial charge >= 0.3 is 0 Å². The van der Waals surface area contributed by atoms with Gasteiger partial charge in [0, 0.05) is 6.42 Å². The second kappa shape index (κ2) is 31.9. The highest BCUT2D eigenvalue weighted by Crippen LogP contribution is 2.13. The average Bonchev–Trinajstić information content (AvgIpc) is 2.96. The van der Waals surface area contributed by atoms with Crippen LogP contribution in [0.25, 0.3) is 0 Å². The molecule has 0 spiro atoms. The van der Waals surface area contributed by atoms with Crippen molar-refractivity contribution in [3.8, 4) is 0 Å². The van der Waals surface area contributed by atoms with E-state index in [0.717, 1.165) is 51.4 Å². The van der Waals surface area contributed by atoms with Gasteiger partial charge in [-0.1, -0.05) is 146 Å². The Morgan fingerprint density at radius 2 is 1.10 bits per heavy atom. The molecule has 2 atom stereocenters. The molecule has 0 aliphatic carbocycles. The summed E-state index contributed by atoms with van der Waals surface area (Å²) in [5.41, 5.74) is 0. The fourth-order valence-corrected chi connectivity index (χ4v) is 4.76. The van der Waals surface area contributed by atoms with Gasteiger partial charge in [-0.25, -0.2) is 0 Å². The van der Waals surface area contributed by atoms with Gasteiger partial charge in [-0.05, 0) is 51.4 Å². The zero-order chi connectivity index (χ0) is 29.4. The van der Waals surface area contributed by atoms with Crippen LogP contribution < -0.4 is 5.32 Å². The highest BCUT2D eigenvalue weighted by atomic mass is 16.3. The van der Waals surface area contributed by atoms with Crippen LogP contribution in [-0.4, -0.2) is 34.9 Å². The van der Waals surface area contributed by atoms with Gasteiger partial charge in [0.1, 0.15) is 0 Å².